The summed E-state index contributed by atoms with van der Waals surface area (Å²) < 4.78 is 0. The van der Waals surface area contributed by atoms with Crippen LogP contribution in [-0.4, -0.2) is 6.04 Å². The van der Waals surface area contributed by atoms with Gasteiger partial charge in [0.15, 0.2) is 0 Å². The first-order chi connectivity index (χ1) is 31.3. The highest BCUT2D eigenvalue weighted by Crippen LogP contribution is 2.63. The molecule has 0 radical (unpaired) electrons. The summed E-state index contributed by atoms with van der Waals surface area (Å²) in [6.45, 7) is 0. The molecule has 0 saturated carbocycles. The molecule has 63 heavy (non-hydrogen) atoms. The minimum Gasteiger partial charge on any atom is -0.334 e. The number of hydrogen-bond acceptors (Lipinski definition) is 2. The van der Waals surface area contributed by atoms with Gasteiger partial charge in [-0.15, -0.1) is 0 Å². The van der Waals surface area contributed by atoms with Gasteiger partial charge >= 0.3 is 0 Å². The summed E-state index contributed by atoms with van der Waals surface area (Å²) in [5.41, 5.74) is 15.6. The monoisotopic (exact) mass is 802 g/mol. The Bertz CT molecular complexity index is 3420. The Morgan fingerprint density at radius 1 is 0.381 bits per heavy atom. The Labute approximate surface area is 367 Å². The number of anilines is 5. The second kappa shape index (κ2) is 14.1. The van der Waals surface area contributed by atoms with E-state index in [-0.39, 0.29) is 6.04 Å². The van der Waals surface area contributed by atoms with Gasteiger partial charge in [-0.25, -0.2) is 0 Å². The van der Waals surface area contributed by atoms with E-state index in [0.717, 1.165) is 23.5 Å². The lowest BCUT2D eigenvalue weighted by molar-refractivity contribution is 0.700. The summed E-state index contributed by atoms with van der Waals surface area (Å²) in [5.74, 6) is 0. The van der Waals surface area contributed by atoms with Gasteiger partial charge in [0.1, 0.15) is 0 Å². The molecule has 2 nitrogen and oxygen atoms in total. The van der Waals surface area contributed by atoms with E-state index < -0.39 is 5.41 Å². The van der Waals surface area contributed by atoms with E-state index in [4.69, 9.17) is 0 Å². The first kappa shape index (κ1) is 35.8. The molecule has 296 valence electrons. The standard InChI is InChI=1S/C61H42N2/c1-3-17-41(18-4-1)42-31-33-44(34-32-42)62(45-35-37-51-49-23-8-7-21-47(49)48-22-9-10-24-50(48)54(51)39-45)46-36-38-53-52-25-11-12-26-55(52)61(58(53)40-46)56-27-13-15-29-59(56)63(43-19-5-2-6-20-43)60-30-16-14-28-57(60)61/h1-19,21-40,43H,20H2. The molecular weight excluding hydrogens is 761 g/mol. The van der Waals surface area contributed by atoms with Crippen molar-refractivity contribution in [3.8, 4) is 22.3 Å². The predicted molar refractivity (Wildman–Crippen MR) is 265 cm³/mol. The van der Waals surface area contributed by atoms with Crippen LogP contribution in [0.3, 0.4) is 0 Å². The zero-order valence-electron chi connectivity index (χ0n) is 34.7. The molecule has 2 heteroatoms. The second-order valence-corrected chi connectivity index (χ2v) is 17.1. The molecule has 3 aliphatic rings. The fourth-order valence-electron chi connectivity index (χ4n) is 11.3. The second-order valence-electron chi connectivity index (χ2n) is 17.1. The van der Waals surface area contributed by atoms with Crippen LogP contribution < -0.4 is 9.80 Å². The highest BCUT2D eigenvalue weighted by molar-refractivity contribution is 6.25. The van der Waals surface area contributed by atoms with E-state index in [2.05, 4.69) is 246 Å². The highest BCUT2D eigenvalue weighted by atomic mass is 15.2. The van der Waals surface area contributed by atoms with Crippen LogP contribution in [0.15, 0.2) is 237 Å². The molecule has 10 aromatic carbocycles. The highest BCUT2D eigenvalue weighted by Gasteiger charge is 2.52. The summed E-state index contributed by atoms with van der Waals surface area (Å²) >= 11 is 0. The van der Waals surface area contributed by atoms with Gasteiger partial charge in [0.25, 0.3) is 0 Å². The Morgan fingerprint density at radius 3 is 1.56 bits per heavy atom. The minimum absolute atomic E-state index is 0.215. The lowest BCUT2D eigenvalue weighted by atomic mass is 9.64. The number of allylic oxidation sites excluding steroid dienone is 2. The predicted octanol–water partition coefficient (Wildman–Crippen LogP) is 16.0. The van der Waals surface area contributed by atoms with E-state index in [9.17, 15) is 0 Å². The normalized spacial score (nSPS) is 15.4. The van der Waals surface area contributed by atoms with Gasteiger partial charge in [-0.05, 0) is 132 Å². The first-order valence-corrected chi connectivity index (χ1v) is 22.1. The molecule has 2 aliphatic carbocycles. The number of fused-ring (bicyclic) bond motifs is 15. The van der Waals surface area contributed by atoms with Gasteiger partial charge in [-0.2, -0.15) is 0 Å². The Hall–Kier alpha value is -7.94. The summed E-state index contributed by atoms with van der Waals surface area (Å²) in [7, 11) is 0. The molecule has 1 unspecified atom stereocenters. The van der Waals surface area contributed by atoms with Gasteiger partial charge in [0.05, 0.1) is 11.5 Å². The van der Waals surface area contributed by atoms with Crippen molar-refractivity contribution in [3.05, 3.63) is 259 Å². The maximum absolute atomic E-state index is 2.59. The van der Waals surface area contributed by atoms with Crippen LogP contribution in [0, 0.1) is 0 Å². The third-order valence-electron chi connectivity index (χ3n) is 13.9. The summed E-state index contributed by atoms with van der Waals surface area (Å²) in [5, 5.41) is 7.61. The maximum atomic E-state index is 2.59. The van der Waals surface area contributed by atoms with Crippen molar-refractivity contribution in [2.45, 2.75) is 17.9 Å². The van der Waals surface area contributed by atoms with Crippen LogP contribution in [0.5, 0.6) is 0 Å². The molecule has 13 rings (SSSR count). The van der Waals surface area contributed by atoms with Crippen molar-refractivity contribution in [2.24, 2.45) is 0 Å². The van der Waals surface area contributed by atoms with E-state index in [1.807, 2.05) is 0 Å². The molecule has 10 aromatic rings. The molecule has 0 N–H and O–H groups in total. The average Bonchev–Trinajstić information content (AvgIpc) is 3.65. The van der Waals surface area contributed by atoms with Crippen molar-refractivity contribution in [1.29, 1.82) is 0 Å². The number of hydrogen-bond donors (Lipinski definition) is 0. The van der Waals surface area contributed by atoms with E-state index in [0.29, 0.717) is 0 Å². The Morgan fingerprint density at radius 2 is 0.889 bits per heavy atom. The van der Waals surface area contributed by atoms with Crippen molar-refractivity contribution < 1.29 is 0 Å². The van der Waals surface area contributed by atoms with Gasteiger partial charge in [0.2, 0.25) is 0 Å². The van der Waals surface area contributed by atoms with Crippen LogP contribution >= 0.6 is 0 Å². The number of rotatable bonds is 5. The molecule has 0 aromatic heterocycles. The fourth-order valence-corrected chi connectivity index (χ4v) is 11.3. The molecule has 1 atom stereocenters. The zero-order chi connectivity index (χ0) is 41.5. The van der Waals surface area contributed by atoms with E-state index in [1.165, 1.54) is 88.2 Å². The first-order valence-electron chi connectivity index (χ1n) is 22.1. The molecule has 0 saturated heterocycles. The van der Waals surface area contributed by atoms with Gasteiger partial charge in [-0.1, -0.05) is 188 Å². The molecule has 1 heterocycles. The van der Waals surface area contributed by atoms with Crippen molar-refractivity contribution in [3.63, 3.8) is 0 Å². The van der Waals surface area contributed by atoms with Crippen molar-refractivity contribution in [1.82, 2.24) is 0 Å². The third-order valence-corrected chi connectivity index (χ3v) is 13.9. The van der Waals surface area contributed by atoms with Gasteiger partial charge in [-0.3, -0.25) is 0 Å². The molecule has 0 amide bonds. The van der Waals surface area contributed by atoms with Crippen LogP contribution in [0.2, 0.25) is 0 Å². The quantitative estimate of drug-likeness (QED) is 0.160. The third kappa shape index (κ3) is 5.25. The van der Waals surface area contributed by atoms with Gasteiger partial charge < -0.3 is 9.80 Å². The van der Waals surface area contributed by atoms with Crippen molar-refractivity contribution in [2.75, 3.05) is 9.80 Å². The largest absolute Gasteiger partial charge is 0.334 e. The van der Waals surface area contributed by atoms with Crippen molar-refractivity contribution >= 4 is 60.8 Å². The van der Waals surface area contributed by atoms with Crippen LogP contribution in [0.25, 0.3) is 54.6 Å². The smallest absolute Gasteiger partial charge is 0.0754 e. The molecule has 0 fully saturated rings. The van der Waals surface area contributed by atoms with E-state index >= 15 is 0 Å². The SMILES string of the molecule is C1=CCC(N2c3ccccc3C3(c4ccccc4-c4ccc(N(c5ccc(-c6ccccc6)cc5)c5ccc6c7ccccc7c7ccccc7c6c5)cc43)c3ccccc32)C=C1. The lowest BCUT2D eigenvalue weighted by Gasteiger charge is -2.47. The topological polar surface area (TPSA) is 6.48 Å². The molecule has 0 bridgehead atoms. The Balaban J connectivity index is 1.07. The fraction of sp³-hybridized carbons (Fsp3) is 0.0492. The van der Waals surface area contributed by atoms with Crippen LogP contribution in [0.1, 0.15) is 28.7 Å². The maximum Gasteiger partial charge on any atom is 0.0754 e. The summed E-state index contributed by atoms with van der Waals surface area (Å²) in [6, 6.07) is 79.5. The Kier molecular flexibility index (Phi) is 7.98. The zero-order valence-corrected chi connectivity index (χ0v) is 34.7. The van der Waals surface area contributed by atoms with Crippen LogP contribution in [-0.2, 0) is 5.41 Å². The molecule has 1 spiro atoms. The number of nitrogens with zero attached hydrogens (tertiary/aromatic N) is 2. The van der Waals surface area contributed by atoms with E-state index in [1.54, 1.807) is 0 Å². The molecular formula is C61H42N2. The molecule has 1 aliphatic heterocycles. The number of para-hydroxylation sites is 2. The van der Waals surface area contributed by atoms with Gasteiger partial charge in [0, 0.05) is 28.4 Å². The minimum atomic E-state index is -0.540. The van der Waals surface area contributed by atoms with Crippen LogP contribution in [0.4, 0.5) is 28.4 Å². The average molecular weight is 803 g/mol. The summed E-state index contributed by atoms with van der Waals surface area (Å²) in [6.07, 6.45) is 9.99. The lowest BCUT2D eigenvalue weighted by Crippen LogP contribution is -2.41. The summed E-state index contributed by atoms with van der Waals surface area (Å²) in [4.78, 5) is 5.06. The number of benzene rings is 10.